The van der Waals surface area contributed by atoms with Crippen molar-refractivity contribution in [1.29, 1.82) is 5.26 Å². The monoisotopic (exact) mass is 584 g/mol. The minimum Gasteiger partial charge on any atom is -0.453 e. The van der Waals surface area contributed by atoms with E-state index in [-0.39, 0.29) is 11.4 Å². The highest BCUT2D eigenvalue weighted by atomic mass is 79.9. The third-order valence-corrected chi connectivity index (χ3v) is 8.37. The molecule has 1 aliphatic heterocycles. The van der Waals surface area contributed by atoms with Gasteiger partial charge in [-0.2, -0.15) is 5.26 Å². The van der Waals surface area contributed by atoms with Crippen LogP contribution in [0.15, 0.2) is 62.4 Å². The molecule has 0 aromatic heterocycles. The maximum absolute atomic E-state index is 13.0. The first kappa shape index (κ1) is 24.5. The van der Waals surface area contributed by atoms with Crippen molar-refractivity contribution in [1.82, 2.24) is 14.5 Å². The molecule has 3 rings (SSSR count). The highest BCUT2D eigenvalue weighted by Gasteiger charge is 2.42. The Morgan fingerprint density at radius 2 is 1.97 bits per heavy atom. The predicted octanol–water partition coefficient (Wildman–Crippen LogP) is 3.85. The number of hydrogen-bond donors (Lipinski definition) is 1. The van der Waals surface area contributed by atoms with Crippen LogP contribution in [0.4, 0.5) is 4.79 Å². The topological polar surface area (TPSA) is 103 Å². The number of amides is 1. The molecule has 0 bridgehead atoms. The normalized spacial score (nSPS) is 19.3. The summed E-state index contributed by atoms with van der Waals surface area (Å²) >= 11 is 6.59. The van der Waals surface area contributed by atoms with E-state index in [1.165, 1.54) is 23.0 Å². The highest BCUT2D eigenvalue weighted by Crippen LogP contribution is 2.34. The number of carbonyl (C=O) groups is 1. The number of carbonyl (C=O) groups excluding carboxylic acids is 1. The summed E-state index contributed by atoms with van der Waals surface area (Å²) in [5.41, 5.74) is 0.823. The van der Waals surface area contributed by atoms with Crippen molar-refractivity contribution < 1.29 is 17.9 Å². The Bertz CT molecular complexity index is 1120. The molecule has 11 heteroatoms. The first-order valence-corrected chi connectivity index (χ1v) is 12.7. The van der Waals surface area contributed by atoms with E-state index in [1.54, 1.807) is 19.2 Å². The standard InChI is InChI=1S/C21H22Br2N4O4S/c1-26(21(28)31-2)20(14-6-4-3-5-7-14)18-11-16(12-27(18)13-24)25-32(29,30)19-10-15(22)8-9-17(19)23/h3-10,16,18,20,25H,11-12H2,1-2H3/t16-,18?,20?/m1/s1. The maximum atomic E-state index is 13.0. The molecule has 1 aliphatic rings. The zero-order chi connectivity index (χ0) is 23.5. The summed E-state index contributed by atoms with van der Waals surface area (Å²) in [5, 5.41) is 9.77. The van der Waals surface area contributed by atoms with Gasteiger partial charge in [0.15, 0.2) is 6.19 Å². The maximum Gasteiger partial charge on any atom is 0.409 e. The average Bonchev–Trinajstić information content (AvgIpc) is 3.17. The van der Waals surface area contributed by atoms with E-state index >= 15 is 0 Å². The molecule has 32 heavy (non-hydrogen) atoms. The third kappa shape index (κ3) is 5.26. The lowest BCUT2D eigenvalue weighted by molar-refractivity contribution is 0.0977. The number of likely N-dealkylation sites (tertiary alicyclic amines) is 1. The molecule has 0 saturated carbocycles. The Hall–Kier alpha value is -2.13. The van der Waals surface area contributed by atoms with Crippen molar-refractivity contribution in [2.24, 2.45) is 0 Å². The van der Waals surface area contributed by atoms with Gasteiger partial charge >= 0.3 is 6.09 Å². The van der Waals surface area contributed by atoms with Crippen LogP contribution in [0, 0.1) is 11.5 Å². The second-order valence-electron chi connectivity index (χ2n) is 7.38. The molecular formula is C21H22Br2N4O4S. The lowest BCUT2D eigenvalue weighted by Crippen LogP contribution is -2.42. The van der Waals surface area contributed by atoms with Crippen molar-refractivity contribution in [3.63, 3.8) is 0 Å². The Morgan fingerprint density at radius 3 is 2.59 bits per heavy atom. The number of likely N-dealkylation sites (N-methyl/N-ethyl adjacent to an activating group) is 1. The summed E-state index contributed by atoms with van der Waals surface area (Å²) < 4.78 is 34.8. The Kier molecular flexibility index (Phi) is 7.82. The second-order valence-corrected chi connectivity index (χ2v) is 10.8. The van der Waals surface area contributed by atoms with Gasteiger partial charge in [-0.25, -0.2) is 17.9 Å². The molecule has 1 fully saturated rings. The van der Waals surface area contributed by atoms with Crippen LogP contribution in [0.25, 0.3) is 0 Å². The summed E-state index contributed by atoms with van der Waals surface area (Å²) in [6.45, 7) is 0.185. The molecule has 2 aromatic rings. The second kappa shape index (κ2) is 10.2. The molecule has 3 atom stereocenters. The van der Waals surface area contributed by atoms with Crippen molar-refractivity contribution in [2.75, 3.05) is 20.7 Å². The lowest BCUT2D eigenvalue weighted by Gasteiger charge is -2.34. The van der Waals surface area contributed by atoms with Crippen molar-refractivity contribution in [3.05, 3.63) is 63.0 Å². The van der Waals surface area contributed by atoms with E-state index in [0.29, 0.717) is 15.4 Å². The number of rotatable bonds is 6. The van der Waals surface area contributed by atoms with Gasteiger partial charge in [0.25, 0.3) is 0 Å². The summed E-state index contributed by atoms with van der Waals surface area (Å²) in [6, 6.07) is 12.7. The minimum absolute atomic E-state index is 0.102. The molecule has 0 spiro atoms. The number of nitrogens with one attached hydrogen (secondary N) is 1. The van der Waals surface area contributed by atoms with Crippen molar-refractivity contribution >= 4 is 48.0 Å². The summed E-state index contributed by atoms with van der Waals surface area (Å²) in [7, 11) is -0.949. The quantitative estimate of drug-likeness (QED) is 0.517. The van der Waals surface area contributed by atoms with Gasteiger partial charge in [-0.15, -0.1) is 0 Å². The Labute approximate surface area is 204 Å². The number of benzene rings is 2. The van der Waals surface area contributed by atoms with E-state index in [4.69, 9.17) is 4.74 Å². The van der Waals surface area contributed by atoms with Crippen LogP contribution in [0.5, 0.6) is 0 Å². The first-order chi connectivity index (χ1) is 15.2. The zero-order valence-corrected chi connectivity index (χ0v) is 21.4. The summed E-state index contributed by atoms with van der Waals surface area (Å²) in [5.74, 6) is 0. The van der Waals surface area contributed by atoms with Gasteiger partial charge in [0.2, 0.25) is 10.0 Å². The SMILES string of the molecule is COC(=O)N(C)C(c1ccccc1)C1C[C@@H](NS(=O)(=O)c2cc(Br)ccc2Br)CN1C#N. The minimum atomic E-state index is -3.85. The predicted molar refractivity (Wildman–Crippen MR) is 126 cm³/mol. The van der Waals surface area contributed by atoms with Gasteiger partial charge in [0, 0.05) is 28.6 Å². The first-order valence-electron chi connectivity index (χ1n) is 9.67. The molecule has 0 aliphatic carbocycles. The van der Waals surface area contributed by atoms with Gasteiger partial charge in [-0.05, 0) is 46.1 Å². The Morgan fingerprint density at radius 1 is 1.28 bits per heavy atom. The molecule has 0 radical (unpaired) electrons. The van der Waals surface area contributed by atoms with Crippen molar-refractivity contribution in [2.45, 2.75) is 29.4 Å². The molecular weight excluding hydrogens is 564 g/mol. The van der Waals surface area contributed by atoms with Gasteiger partial charge in [0.1, 0.15) is 0 Å². The van der Waals surface area contributed by atoms with E-state index in [1.807, 2.05) is 30.3 Å². The Balaban J connectivity index is 1.90. The fourth-order valence-electron chi connectivity index (χ4n) is 3.94. The van der Waals surface area contributed by atoms with Gasteiger partial charge in [-0.1, -0.05) is 46.3 Å². The smallest absolute Gasteiger partial charge is 0.409 e. The third-order valence-electron chi connectivity index (χ3n) is 5.36. The van der Waals surface area contributed by atoms with Gasteiger partial charge < -0.3 is 14.5 Å². The zero-order valence-electron chi connectivity index (χ0n) is 17.4. The van der Waals surface area contributed by atoms with E-state index in [2.05, 4.69) is 42.8 Å². The molecule has 2 aromatic carbocycles. The fourth-order valence-corrected chi connectivity index (χ4v) is 6.69. The van der Waals surface area contributed by atoms with Crippen LogP contribution >= 0.6 is 31.9 Å². The molecule has 170 valence electrons. The van der Waals surface area contributed by atoms with E-state index in [9.17, 15) is 18.5 Å². The summed E-state index contributed by atoms with van der Waals surface area (Å²) in [4.78, 5) is 15.4. The van der Waals surface area contributed by atoms with Gasteiger partial charge in [-0.3, -0.25) is 0 Å². The number of sulfonamides is 1. The van der Waals surface area contributed by atoms with E-state index in [0.717, 1.165) is 5.56 Å². The number of nitrogens with zero attached hydrogens (tertiary/aromatic N) is 3. The molecule has 1 heterocycles. The molecule has 2 unspecified atom stereocenters. The number of ether oxygens (including phenoxy) is 1. The van der Waals surface area contributed by atoms with Crippen LogP contribution in [0.1, 0.15) is 18.0 Å². The van der Waals surface area contributed by atoms with Crippen LogP contribution in [0.3, 0.4) is 0 Å². The largest absolute Gasteiger partial charge is 0.453 e. The molecule has 8 nitrogen and oxygen atoms in total. The van der Waals surface area contributed by atoms with E-state index < -0.39 is 34.2 Å². The summed E-state index contributed by atoms with van der Waals surface area (Å²) in [6.07, 6.45) is 1.94. The van der Waals surface area contributed by atoms with Crippen LogP contribution in [-0.2, 0) is 14.8 Å². The highest BCUT2D eigenvalue weighted by molar-refractivity contribution is 9.11. The van der Waals surface area contributed by atoms with Crippen LogP contribution in [-0.4, -0.2) is 57.1 Å². The fraction of sp³-hybridized carbons (Fsp3) is 0.333. The molecule has 1 N–H and O–H groups in total. The lowest BCUT2D eigenvalue weighted by atomic mass is 9.95. The van der Waals surface area contributed by atoms with Crippen LogP contribution < -0.4 is 4.72 Å². The number of halogens is 2. The average molecular weight is 586 g/mol. The number of hydrogen-bond acceptors (Lipinski definition) is 6. The van der Waals surface area contributed by atoms with Gasteiger partial charge in [0.05, 0.1) is 24.1 Å². The molecule has 1 amide bonds. The van der Waals surface area contributed by atoms with Crippen molar-refractivity contribution in [3.8, 4) is 6.19 Å². The molecule has 1 saturated heterocycles. The van der Waals surface area contributed by atoms with Crippen LogP contribution in [0.2, 0.25) is 0 Å². The number of methoxy groups -OCH3 is 1. The number of nitriles is 1.